The number of alkyl halides is 3. The summed E-state index contributed by atoms with van der Waals surface area (Å²) in [6.45, 7) is 3.91. The average Bonchev–Trinajstić information content (AvgIpc) is 2.14. The quantitative estimate of drug-likeness (QED) is 0.835. The van der Waals surface area contributed by atoms with Gasteiger partial charge in [0.2, 0.25) is 15.7 Å². The molecule has 0 bridgehead atoms. The first-order valence-electron chi connectivity index (χ1n) is 4.60. The highest BCUT2D eigenvalue weighted by atomic mass is 35.6. The van der Waals surface area contributed by atoms with E-state index in [1.807, 2.05) is 13.8 Å². The smallest absolute Gasteiger partial charge is 0.250 e. The zero-order valence-corrected chi connectivity index (χ0v) is 11.3. The largest absolute Gasteiger partial charge is 0.357 e. The molecule has 0 amide bonds. The predicted octanol–water partition coefficient (Wildman–Crippen LogP) is 2.56. The number of aromatic nitrogens is 3. The first-order valence-corrected chi connectivity index (χ1v) is 5.74. The third kappa shape index (κ3) is 3.81. The molecule has 0 aromatic carbocycles. The molecule has 0 aliphatic heterocycles. The van der Waals surface area contributed by atoms with Gasteiger partial charge in [0, 0.05) is 13.1 Å². The molecule has 1 heterocycles. The molecule has 1 aromatic rings. The second kappa shape index (κ2) is 5.21. The third-order valence-electron chi connectivity index (χ3n) is 1.53. The van der Waals surface area contributed by atoms with Crippen molar-refractivity contribution in [3.8, 4) is 0 Å². The molecular formula is C8H12Cl3N5. The summed E-state index contributed by atoms with van der Waals surface area (Å²) in [5.74, 6) is 0.801. The fourth-order valence-corrected chi connectivity index (χ4v) is 1.19. The van der Waals surface area contributed by atoms with Gasteiger partial charge < -0.3 is 10.6 Å². The Bertz CT molecular complexity index is 363. The molecule has 8 heteroatoms. The van der Waals surface area contributed by atoms with E-state index in [9.17, 15) is 0 Å². The molecule has 90 valence electrons. The Kier molecular flexibility index (Phi) is 4.41. The predicted molar refractivity (Wildman–Crippen MR) is 67.4 cm³/mol. The van der Waals surface area contributed by atoms with Gasteiger partial charge in [0.25, 0.3) is 0 Å². The van der Waals surface area contributed by atoms with E-state index in [4.69, 9.17) is 34.8 Å². The van der Waals surface area contributed by atoms with E-state index >= 15 is 0 Å². The van der Waals surface area contributed by atoms with Crippen LogP contribution in [0.1, 0.15) is 19.7 Å². The maximum atomic E-state index is 5.72. The summed E-state index contributed by atoms with van der Waals surface area (Å²) < 4.78 is -1.66. The van der Waals surface area contributed by atoms with Crippen molar-refractivity contribution in [1.29, 1.82) is 0 Å². The zero-order valence-electron chi connectivity index (χ0n) is 9.05. The second-order valence-corrected chi connectivity index (χ2v) is 5.63. The molecule has 0 fully saturated rings. The Morgan fingerprint density at radius 1 is 1.06 bits per heavy atom. The molecule has 2 N–H and O–H groups in total. The topological polar surface area (TPSA) is 62.7 Å². The lowest BCUT2D eigenvalue weighted by molar-refractivity contribution is 0.847. The van der Waals surface area contributed by atoms with Crippen molar-refractivity contribution >= 4 is 46.7 Å². The van der Waals surface area contributed by atoms with E-state index in [1.54, 1.807) is 7.05 Å². The molecule has 0 aliphatic carbocycles. The Morgan fingerprint density at radius 2 is 1.62 bits per heavy atom. The van der Waals surface area contributed by atoms with Gasteiger partial charge >= 0.3 is 0 Å². The Morgan fingerprint density at radius 3 is 2.06 bits per heavy atom. The number of nitrogens with zero attached hydrogens (tertiary/aromatic N) is 3. The third-order valence-corrected chi connectivity index (χ3v) is 2.04. The summed E-state index contributed by atoms with van der Waals surface area (Å²) >= 11 is 17.2. The SMILES string of the molecule is CNc1nc(NC(C)C)nc(C(Cl)(Cl)Cl)n1. The van der Waals surface area contributed by atoms with Gasteiger partial charge in [-0.3, -0.25) is 0 Å². The van der Waals surface area contributed by atoms with Gasteiger partial charge in [-0.2, -0.15) is 15.0 Å². The van der Waals surface area contributed by atoms with Crippen LogP contribution in [0.25, 0.3) is 0 Å². The summed E-state index contributed by atoms with van der Waals surface area (Å²) in [5, 5.41) is 5.79. The normalized spacial score (nSPS) is 11.7. The average molecular weight is 285 g/mol. The van der Waals surface area contributed by atoms with Crippen LogP contribution in [0.5, 0.6) is 0 Å². The van der Waals surface area contributed by atoms with E-state index in [0.717, 1.165) is 0 Å². The maximum absolute atomic E-state index is 5.72. The van der Waals surface area contributed by atoms with Crippen LogP contribution in [0, 0.1) is 0 Å². The maximum Gasteiger partial charge on any atom is 0.250 e. The van der Waals surface area contributed by atoms with E-state index < -0.39 is 3.79 Å². The fraction of sp³-hybridized carbons (Fsp3) is 0.625. The second-order valence-electron chi connectivity index (χ2n) is 3.35. The Hall–Kier alpha value is -0.520. The number of hydrogen-bond acceptors (Lipinski definition) is 5. The minimum Gasteiger partial charge on any atom is -0.357 e. The zero-order chi connectivity index (χ0) is 12.3. The molecule has 0 saturated carbocycles. The van der Waals surface area contributed by atoms with Gasteiger partial charge in [-0.25, -0.2) is 0 Å². The molecule has 0 atom stereocenters. The molecule has 0 unspecified atom stereocenters. The molecule has 0 radical (unpaired) electrons. The van der Waals surface area contributed by atoms with Gasteiger partial charge in [-0.05, 0) is 13.8 Å². The van der Waals surface area contributed by atoms with E-state index in [2.05, 4.69) is 25.6 Å². The Labute approximate surface area is 109 Å². The van der Waals surface area contributed by atoms with Crippen LogP contribution >= 0.6 is 34.8 Å². The highest BCUT2D eigenvalue weighted by Crippen LogP contribution is 2.36. The van der Waals surface area contributed by atoms with Crippen molar-refractivity contribution in [3.63, 3.8) is 0 Å². The molecule has 0 saturated heterocycles. The van der Waals surface area contributed by atoms with Crippen LogP contribution in [0.2, 0.25) is 0 Å². The summed E-state index contributed by atoms with van der Waals surface area (Å²) in [5.41, 5.74) is 0. The minimum absolute atomic E-state index is 0.0833. The summed E-state index contributed by atoms with van der Waals surface area (Å²) in [4.78, 5) is 12.1. The first-order chi connectivity index (χ1) is 7.32. The van der Waals surface area contributed by atoms with Crippen molar-refractivity contribution < 1.29 is 0 Å². The number of hydrogen-bond donors (Lipinski definition) is 2. The fourth-order valence-electron chi connectivity index (χ4n) is 0.937. The number of nitrogens with one attached hydrogen (secondary N) is 2. The summed E-state index contributed by atoms with van der Waals surface area (Å²) in [6.07, 6.45) is 0. The lowest BCUT2D eigenvalue weighted by Gasteiger charge is -2.14. The lowest BCUT2D eigenvalue weighted by Crippen LogP contribution is -2.17. The number of halogens is 3. The van der Waals surface area contributed by atoms with Crippen molar-refractivity contribution in [2.45, 2.75) is 23.7 Å². The van der Waals surface area contributed by atoms with Crippen molar-refractivity contribution in [3.05, 3.63) is 5.82 Å². The molecule has 5 nitrogen and oxygen atoms in total. The van der Waals surface area contributed by atoms with E-state index in [1.165, 1.54) is 0 Å². The van der Waals surface area contributed by atoms with Crippen molar-refractivity contribution in [2.75, 3.05) is 17.7 Å². The highest BCUT2D eigenvalue weighted by molar-refractivity contribution is 6.66. The van der Waals surface area contributed by atoms with Crippen LogP contribution in [-0.4, -0.2) is 28.0 Å². The van der Waals surface area contributed by atoms with Gasteiger partial charge in [0.05, 0.1) is 0 Å². The van der Waals surface area contributed by atoms with Gasteiger partial charge in [-0.1, -0.05) is 34.8 Å². The van der Waals surface area contributed by atoms with Crippen LogP contribution < -0.4 is 10.6 Å². The summed E-state index contributed by atoms with van der Waals surface area (Å²) in [6, 6.07) is 0.176. The van der Waals surface area contributed by atoms with Crippen LogP contribution in [0.4, 0.5) is 11.9 Å². The monoisotopic (exact) mass is 283 g/mol. The molecule has 16 heavy (non-hydrogen) atoms. The Balaban J connectivity index is 3.11. The molecule has 0 aliphatic rings. The number of anilines is 2. The molecule has 1 aromatic heterocycles. The molecule has 1 rings (SSSR count). The first kappa shape index (κ1) is 13.5. The van der Waals surface area contributed by atoms with Crippen molar-refractivity contribution in [1.82, 2.24) is 15.0 Å². The van der Waals surface area contributed by atoms with E-state index in [-0.39, 0.29) is 11.9 Å². The van der Waals surface area contributed by atoms with Crippen molar-refractivity contribution in [2.24, 2.45) is 0 Å². The standard InChI is InChI=1S/C8H12Cl3N5/c1-4(2)13-7-15-5(8(9,10)11)14-6(12-3)16-7/h4H,1-3H3,(H2,12,13,14,15,16). The van der Waals surface area contributed by atoms with Crippen LogP contribution in [0.3, 0.4) is 0 Å². The highest BCUT2D eigenvalue weighted by Gasteiger charge is 2.28. The van der Waals surface area contributed by atoms with Gasteiger partial charge in [0.1, 0.15) is 0 Å². The summed E-state index contributed by atoms with van der Waals surface area (Å²) in [7, 11) is 1.68. The van der Waals surface area contributed by atoms with E-state index in [0.29, 0.717) is 11.9 Å². The van der Waals surface area contributed by atoms with Crippen LogP contribution in [0.15, 0.2) is 0 Å². The van der Waals surface area contributed by atoms with Gasteiger partial charge in [-0.15, -0.1) is 0 Å². The molecule has 0 spiro atoms. The van der Waals surface area contributed by atoms with Crippen LogP contribution in [-0.2, 0) is 3.79 Å². The minimum atomic E-state index is -1.66. The molecular weight excluding hydrogens is 272 g/mol. The lowest BCUT2D eigenvalue weighted by atomic mass is 10.4. The number of rotatable bonds is 3. The van der Waals surface area contributed by atoms with Gasteiger partial charge in [0.15, 0.2) is 5.82 Å².